The van der Waals surface area contributed by atoms with Gasteiger partial charge in [-0.05, 0) is 44.0 Å². The van der Waals surface area contributed by atoms with Crippen LogP contribution in [0.3, 0.4) is 0 Å². The summed E-state index contributed by atoms with van der Waals surface area (Å²) in [6.07, 6.45) is -1.14. The Morgan fingerprint density at radius 2 is 1.90 bits per heavy atom. The van der Waals surface area contributed by atoms with Gasteiger partial charge >= 0.3 is 5.97 Å². The highest BCUT2D eigenvalue weighted by molar-refractivity contribution is 5.96. The minimum absolute atomic E-state index is 0.0984. The molecule has 29 heavy (non-hydrogen) atoms. The molecule has 0 spiro atoms. The number of rotatable bonds is 8. The molecule has 0 saturated carbocycles. The maximum Gasteiger partial charge on any atom is 0.344 e. The Hall–Kier alpha value is -3.62. The lowest BCUT2D eigenvalue weighted by molar-refractivity contribution is -0.384. The summed E-state index contributed by atoms with van der Waals surface area (Å²) in [5.41, 5.74) is 1.81. The van der Waals surface area contributed by atoms with Crippen LogP contribution in [0.1, 0.15) is 18.1 Å². The summed E-state index contributed by atoms with van der Waals surface area (Å²) < 4.78 is 15.6. The van der Waals surface area contributed by atoms with Crippen LogP contribution in [0.4, 0.5) is 11.4 Å². The molecule has 0 aliphatic heterocycles. The minimum Gasteiger partial charge on any atom is -0.495 e. The van der Waals surface area contributed by atoms with E-state index < -0.39 is 22.9 Å². The molecule has 2 aromatic carbocycles. The number of amides is 1. The molecule has 0 aliphatic carbocycles. The van der Waals surface area contributed by atoms with Crippen LogP contribution in [-0.2, 0) is 14.3 Å². The van der Waals surface area contributed by atoms with Gasteiger partial charge in [0.1, 0.15) is 11.5 Å². The number of benzene rings is 2. The van der Waals surface area contributed by atoms with Crippen molar-refractivity contribution in [2.45, 2.75) is 26.9 Å². The summed E-state index contributed by atoms with van der Waals surface area (Å²) in [7, 11) is 1.37. The molecule has 0 unspecified atom stereocenters. The number of nitro benzene ring substituents is 1. The fraction of sp³-hybridized carbons (Fsp3) is 0.300. The van der Waals surface area contributed by atoms with Crippen molar-refractivity contribution in [3.05, 3.63) is 57.6 Å². The molecule has 1 N–H and O–H groups in total. The van der Waals surface area contributed by atoms with Gasteiger partial charge in [0.05, 0.1) is 17.7 Å². The first kappa shape index (κ1) is 21.7. The number of nitrogens with zero attached hydrogens (tertiary/aromatic N) is 1. The molecule has 0 aromatic heterocycles. The number of esters is 1. The summed E-state index contributed by atoms with van der Waals surface area (Å²) in [6.45, 7) is 4.82. The number of ether oxygens (including phenoxy) is 3. The number of hydrogen-bond acceptors (Lipinski definition) is 7. The lowest BCUT2D eigenvalue weighted by Crippen LogP contribution is -2.31. The van der Waals surface area contributed by atoms with Crippen LogP contribution in [0, 0.1) is 24.0 Å². The second-order valence-electron chi connectivity index (χ2n) is 6.25. The minimum atomic E-state index is -1.14. The predicted octanol–water partition coefficient (Wildman–Crippen LogP) is 3.17. The zero-order valence-corrected chi connectivity index (χ0v) is 16.6. The van der Waals surface area contributed by atoms with Crippen molar-refractivity contribution >= 4 is 23.3 Å². The molecule has 0 fully saturated rings. The summed E-state index contributed by atoms with van der Waals surface area (Å²) >= 11 is 0. The van der Waals surface area contributed by atoms with E-state index in [-0.39, 0.29) is 23.7 Å². The SMILES string of the molecule is COc1ccc([N+](=O)[O-])cc1NC(=O)[C@@H](C)OC(=O)COc1cccc(C)c1C. The number of methoxy groups -OCH3 is 1. The van der Waals surface area contributed by atoms with Gasteiger partial charge in [-0.1, -0.05) is 12.1 Å². The number of nitro groups is 1. The number of carbonyl (C=O) groups is 2. The fourth-order valence-electron chi connectivity index (χ4n) is 2.44. The molecule has 2 rings (SSSR count). The molecule has 1 atom stereocenters. The predicted molar refractivity (Wildman–Crippen MR) is 105 cm³/mol. The van der Waals surface area contributed by atoms with Crippen LogP contribution in [0.25, 0.3) is 0 Å². The first-order valence-corrected chi connectivity index (χ1v) is 8.74. The topological polar surface area (TPSA) is 117 Å². The highest BCUT2D eigenvalue weighted by atomic mass is 16.6. The lowest BCUT2D eigenvalue weighted by atomic mass is 10.1. The van der Waals surface area contributed by atoms with Crippen molar-refractivity contribution in [2.75, 3.05) is 19.0 Å². The van der Waals surface area contributed by atoms with Gasteiger partial charge in [0.2, 0.25) is 0 Å². The Kier molecular flexibility index (Phi) is 7.13. The van der Waals surface area contributed by atoms with Crippen LogP contribution >= 0.6 is 0 Å². The molecular weight excluding hydrogens is 380 g/mol. The van der Waals surface area contributed by atoms with Crippen LogP contribution in [0.15, 0.2) is 36.4 Å². The molecule has 154 valence electrons. The Balaban J connectivity index is 1.96. The summed E-state index contributed by atoms with van der Waals surface area (Å²) in [5.74, 6) is -0.593. The van der Waals surface area contributed by atoms with Gasteiger partial charge in [-0.2, -0.15) is 0 Å². The van der Waals surface area contributed by atoms with Crippen molar-refractivity contribution in [3.8, 4) is 11.5 Å². The number of non-ortho nitro benzene ring substituents is 1. The largest absolute Gasteiger partial charge is 0.495 e. The van der Waals surface area contributed by atoms with Gasteiger partial charge < -0.3 is 19.5 Å². The van der Waals surface area contributed by atoms with Gasteiger partial charge in [-0.3, -0.25) is 14.9 Å². The second-order valence-corrected chi connectivity index (χ2v) is 6.25. The van der Waals surface area contributed by atoms with E-state index in [0.29, 0.717) is 5.75 Å². The van der Waals surface area contributed by atoms with Gasteiger partial charge in [0.15, 0.2) is 12.7 Å². The lowest BCUT2D eigenvalue weighted by Gasteiger charge is -2.16. The van der Waals surface area contributed by atoms with Crippen LogP contribution in [0.2, 0.25) is 0 Å². The van der Waals surface area contributed by atoms with Crippen molar-refractivity contribution in [1.82, 2.24) is 0 Å². The van der Waals surface area contributed by atoms with Gasteiger partial charge in [-0.15, -0.1) is 0 Å². The number of nitrogens with one attached hydrogen (secondary N) is 1. The maximum atomic E-state index is 12.3. The third-order valence-corrected chi connectivity index (χ3v) is 4.23. The third-order valence-electron chi connectivity index (χ3n) is 4.23. The first-order chi connectivity index (χ1) is 13.7. The summed E-state index contributed by atoms with van der Waals surface area (Å²) in [5, 5.41) is 13.4. The van der Waals surface area contributed by atoms with Crippen molar-refractivity contribution in [1.29, 1.82) is 0 Å². The molecule has 0 saturated heterocycles. The standard InChI is InChI=1S/C20H22N2O7/c1-12-6-5-7-17(13(12)2)28-11-19(23)29-14(3)20(24)21-16-10-15(22(25)26)8-9-18(16)27-4/h5-10,14H,11H2,1-4H3,(H,21,24)/t14-/m1/s1. The molecular formula is C20H22N2O7. The molecule has 9 nitrogen and oxygen atoms in total. The zero-order chi connectivity index (χ0) is 21.6. The molecule has 9 heteroatoms. The molecule has 2 aromatic rings. The molecule has 0 aliphatic rings. The van der Waals surface area contributed by atoms with E-state index in [1.807, 2.05) is 26.0 Å². The number of anilines is 1. The molecule has 0 radical (unpaired) electrons. The van der Waals surface area contributed by atoms with Crippen molar-refractivity contribution < 1.29 is 28.7 Å². The van der Waals surface area contributed by atoms with Crippen molar-refractivity contribution in [3.63, 3.8) is 0 Å². The Morgan fingerprint density at radius 1 is 1.17 bits per heavy atom. The average Bonchev–Trinajstić information content (AvgIpc) is 2.68. The van der Waals surface area contributed by atoms with E-state index in [4.69, 9.17) is 14.2 Å². The van der Waals surface area contributed by atoms with Crippen LogP contribution in [0.5, 0.6) is 11.5 Å². The van der Waals surface area contributed by atoms with Crippen molar-refractivity contribution in [2.24, 2.45) is 0 Å². The molecule has 1 amide bonds. The normalized spacial score (nSPS) is 11.3. The molecule has 0 heterocycles. The van der Waals surface area contributed by atoms with E-state index in [1.54, 1.807) is 6.07 Å². The van der Waals surface area contributed by atoms with Gasteiger partial charge in [0, 0.05) is 12.1 Å². The number of hydrogen-bond donors (Lipinski definition) is 1. The monoisotopic (exact) mass is 402 g/mol. The number of carbonyl (C=O) groups excluding carboxylic acids is 2. The fourth-order valence-corrected chi connectivity index (χ4v) is 2.44. The quantitative estimate of drug-likeness (QED) is 0.409. The summed E-state index contributed by atoms with van der Waals surface area (Å²) in [4.78, 5) is 34.6. The summed E-state index contributed by atoms with van der Waals surface area (Å²) in [6, 6.07) is 9.25. The van der Waals surface area contributed by atoms with Gasteiger partial charge in [0.25, 0.3) is 11.6 Å². The van der Waals surface area contributed by atoms with Gasteiger partial charge in [-0.25, -0.2) is 4.79 Å². The van der Waals surface area contributed by atoms with Crippen LogP contribution in [-0.4, -0.2) is 36.6 Å². The average molecular weight is 402 g/mol. The Morgan fingerprint density at radius 3 is 2.55 bits per heavy atom. The van der Waals surface area contributed by atoms with E-state index in [0.717, 1.165) is 17.2 Å². The van der Waals surface area contributed by atoms with E-state index in [1.165, 1.54) is 26.2 Å². The highest BCUT2D eigenvalue weighted by Crippen LogP contribution is 2.29. The second kappa shape index (κ2) is 9.54. The van der Waals surface area contributed by atoms with E-state index in [2.05, 4.69) is 5.32 Å². The zero-order valence-electron chi connectivity index (χ0n) is 16.6. The third kappa shape index (κ3) is 5.68. The van der Waals surface area contributed by atoms with E-state index in [9.17, 15) is 19.7 Å². The number of aryl methyl sites for hydroxylation is 1. The Labute approximate surface area is 167 Å². The van der Waals surface area contributed by atoms with Crippen LogP contribution < -0.4 is 14.8 Å². The maximum absolute atomic E-state index is 12.3. The first-order valence-electron chi connectivity index (χ1n) is 8.74. The Bertz CT molecular complexity index is 927. The molecule has 0 bridgehead atoms. The van der Waals surface area contributed by atoms with E-state index >= 15 is 0 Å². The smallest absolute Gasteiger partial charge is 0.344 e. The highest BCUT2D eigenvalue weighted by Gasteiger charge is 2.21.